The summed E-state index contributed by atoms with van der Waals surface area (Å²) < 4.78 is 6.11. The van der Waals surface area contributed by atoms with Gasteiger partial charge in [-0.05, 0) is 30.3 Å². The van der Waals surface area contributed by atoms with Crippen LogP contribution in [0.4, 0.5) is 0 Å². The number of nitrogens with one attached hydrogen (secondary N) is 1. The number of H-pyrrole nitrogens is 1. The van der Waals surface area contributed by atoms with Gasteiger partial charge in [0, 0.05) is 10.6 Å². The van der Waals surface area contributed by atoms with Gasteiger partial charge in [0.1, 0.15) is 5.56 Å². The van der Waals surface area contributed by atoms with E-state index in [2.05, 4.69) is 10.1 Å². The van der Waals surface area contributed by atoms with Crippen molar-refractivity contribution in [3.63, 3.8) is 0 Å². The first-order valence-electron chi connectivity index (χ1n) is 7.58. The molecule has 0 aliphatic heterocycles. The second kappa shape index (κ2) is 6.16. The number of hydrogen-bond acceptors (Lipinski definition) is 4. The summed E-state index contributed by atoms with van der Waals surface area (Å²) in [6.45, 7) is 0. The Kier molecular flexibility index (Phi) is 3.94. The Balaban J connectivity index is 2.16. The largest absolute Gasteiger partial charge is 0.465 e. The SMILES string of the molecule is COC(=O)c1c(-c2ccc(Cl)cc2Cl)[nH]n2c(=O)c3ccccc3nc12. The fourth-order valence-electron chi connectivity index (χ4n) is 2.87. The van der Waals surface area contributed by atoms with E-state index in [1.807, 2.05) is 0 Å². The van der Waals surface area contributed by atoms with E-state index in [4.69, 9.17) is 27.9 Å². The van der Waals surface area contributed by atoms with Crippen molar-refractivity contribution >= 4 is 45.7 Å². The number of rotatable bonds is 2. The fraction of sp³-hybridized carbons (Fsp3) is 0.0556. The molecule has 0 atom stereocenters. The standard InChI is InChI=1S/C18H11Cl2N3O3/c1-26-18(25)14-15(10-7-6-9(19)8-12(10)20)22-23-16(14)21-13-5-3-2-4-11(13)17(23)24/h2-8,22H,1H3. The number of methoxy groups -OCH3 is 1. The maximum Gasteiger partial charge on any atom is 0.343 e. The Labute approximate surface area is 156 Å². The lowest BCUT2D eigenvalue weighted by Crippen LogP contribution is -2.16. The van der Waals surface area contributed by atoms with E-state index in [0.29, 0.717) is 32.2 Å². The third-order valence-corrected chi connectivity index (χ3v) is 4.61. The van der Waals surface area contributed by atoms with Crippen LogP contribution in [-0.4, -0.2) is 27.7 Å². The van der Waals surface area contributed by atoms with Crippen molar-refractivity contribution in [3.8, 4) is 11.3 Å². The van der Waals surface area contributed by atoms with Crippen LogP contribution in [0.15, 0.2) is 47.3 Å². The van der Waals surface area contributed by atoms with Crippen molar-refractivity contribution in [3.05, 3.63) is 68.4 Å². The van der Waals surface area contributed by atoms with Gasteiger partial charge < -0.3 is 4.74 Å². The van der Waals surface area contributed by atoms with E-state index in [0.717, 1.165) is 0 Å². The molecule has 2 heterocycles. The minimum Gasteiger partial charge on any atom is -0.465 e. The zero-order chi connectivity index (χ0) is 18.4. The average Bonchev–Trinajstić information content (AvgIpc) is 3.00. The molecule has 1 N–H and O–H groups in total. The van der Waals surface area contributed by atoms with E-state index >= 15 is 0 Å². The van der Waals surface area contributed by atoms with Crippen LogP contribution in [0, 0.1) is 0 Å². The third kappa shape index (κ3) is 2.46. The summed E-state index contributed by atoms with van der Waals surface area (Å²) in [5.41, 5.74) is 1.28. The van der Waals surface area contributed by atoms with Gasteiger partial charge in [0.25, 0.3) is 5.56 Å². The topological polar surface area (TPSA) is 76.5 Å². The van der Waals surface area contributed by atoms with Crippen molar-refractivity contribution in [2.45, 2.75) is 0 Å². The number of fused-ring (bicyclic) bond motifs is 2. The summed E-state index contributed by atoms with van der Waals surface area (Å²) in [6, 6.07) is 11.8. The molecule has 4 aromatic rings. The highest BCUT2D eigenvalue weighted by molar-refractivity contribution is 6.36. The predicted octanol–water partition coefficient (Wildman–Crippen LogP) is 3.94. The lowest BCUT2D eigenvalue weighted by Gasteiger charge is -2.05. The van der Waals surface area contributed by atoms with Crippen molar-refractivity contribution in [2.75, 3.05) is 7.11 Å². The molecule has 0 saturated heterocycles. The number of nitrogens with zero attached hydrogens (tertiary/aromatic N) is 2. The Hall–Kier alpha value is -2.83. The number of halogens is 2. The Morgan fingerprint density at radius 1 is 1.19 bits per heavy atom. The molecule has 4 rings (SSSR count). The van der Waals surface area contributed by atoms with Gasteiger partial charge in [-0.1, -0.05) is 35.3 Å². The number of aromatic amines is 1. The van der Waals surface area contributed by atoms with Gasteiger partial charge in [0.15, 0.2) is 5.65 Å². The Morgan fingerprint density at radius 3 is 2.69 bits per heavy atom. The maximum atomic E-state index is 12.8. The van der Waals surface area contributed by atoms with Crippen LogP contribution < -0.4 is 5.56 Å². The van der Waals surface area contributed by atoms with Crippen LogP contribution in [0.3, 0.4) is 0 Å². The van der Waals surface area contributed by atoms with Gasteiger partial charge >= 0.3 is 5.97 Å². The van der Waals surface area contributed by atoms with Crippen LogP contribution in [0.5, 0.6) is 0 Å². The smallest absolute Gasteiger partial charge is 0.343 e. The molecule has 0 fully saturated rings. The second-order valence-electron chi connectivity index (χ2n) is 5.57. The number of benzene rings is 2. The van der Waals surface area contributed by atoms with Crippen molar-refractivity contribution in [2.24, 2.45) is 0 Å². The molecule has 2 aromatic heterocycles. The molecule has 8 heteroatoms. The molecule has 0 unspecified atom stereocenters. The summed E-state index contributed by atoms with van der Waals surface area (Å²) >= 11 is 12.2. The van der Waals surface area contributed by atoms with E-state index in [9.17, 15) is 9.59 Å². The monoisotopic (exact) mass is 387 g/mol. The van der Waals surface area contributed by atoms with E-state index < -0.39 is 5.97 Å². The molecule has 0 spiro atoms. The number of carbonyl (C=O) groups excluding carboxylic acids is 1. The second-order valence-corrected chi connectivity index (χ2v) is 6.41. The molecule has 0 saturated carbocycles. The third-order valence-electron chi connectivity index (χ3n) is 4.06. The van der Waals surface area contributed by atoms with Crippen LogP contribution >= 0.6 is 23.2 Å². The first-order chi connectivity index (χ1) is 12.5. The number of aromatic nitrogens is 3. The summed E-state index contributed by atoms with van der Waals surface area (Å²) in [5, 5.41) is 4.14. The van der Waals surface area contributed by atoms with Gasteiger partial charge in [-0.3, -0.25) is 9.89 Å². The average molecular weight is 388 g/mol. The van der Waals surface area contributed by atoms with E-state index in [1.165, 1.54) is 11.6 Å². The summed E-state index contributed by atoms with van der Waals surface area (Å²) in [7, 11) is 1.26. The number of ether oxygens (including phenoxy) is 1. The lowest BCUT2D eigenvalue weighted by molar-refractivity contribution is 0.0603. The predicted molar refractivity (Wildman–Crippen MR) is 100 cm³/mol. The van der Waals surface area contributed by atoms with E-state index in [1.54, 1.807) is 42.5 Å². The van der Waals surface area contributed by atoms with Gasteiger partial charge in [-0.25, -0.2) is 9.78 Å². The van der Waals surface area contributed by atoms with Crippen molar-refractivity contribution in [1.29, 1.82) is 0 Å². The first-order valence-corrected chi connectivity index (χ1v) is 8.34. The summed E-state index contributed by atoms with van der Waals surface area (Å²) in [6.07, 6.45) is 0. The zero-order valence-electron chi connectivity index (χ0n) is 13.4. The lowest BCUT2D eigenvalue weighted by atomic mass is 10.1. The molecule has 26 heavy (non-hydrogen) atoms. The number of para-hydroxylation sites is 1. The fourth-order valence-corrected chi connectivity index (χ4v) is 3.37. The maximum absolute atomic E-state index is 12.8. The molecule has 0 aliphatic rings. The highest BCUT2D eigenvalue weighted by Gasteiger charge is 2.25. The van der Waals surface area contributed by atoms with Gasteiger partial charge in [-0.2, -0.15) is 4.52 Å². The normalized spacial score (nSPS) is 11.2. The molecule has 0 amide bonds. The molecule has 130 valence electrons. The van der Waals surface area contributed by atoms with Crippen LogP contribution in [0.2, 0.25) is 10.0 Å². The molecule has 6 nitrogen and oxygen atoms in total. The molecule has 0 bridgehead atoms. The van der Waals surface area contributed by atoms with Crippen LogP contribution in [0.25, 0.3) is 27.8 Å². The number of hydrogen-bond donors (Lipinski definition) is 1. The molecule has 2 aromatic carbocycles. The highest BCUT2D eigenvalue weighted by Crippen LogP contribution is 2.33. The van der Waals surface area contributed by atoms with Gasteiger partial charge in [-0.15, -0.1) is 0 Å². The van der Waals surface area contributed by atoms with Crippen LogP contribution in [-0.2, 0) is 4.74 Å². The van der Waals surface area contributed by atoms with Gasteiger partial charge in [0.05, 0.1) is 28.7 Å². The summed E-state index contributed by atoms with van der Waals surface area (Å²) in [5.74, 6) is -0.632. The highest BCUT2D eigenvalue weighted by atomic mass is 35.5. The molecule has 0 radical (unpaired) electrons. The molecular weight excluding hydrogens is 377 g/mol. The molecule has 0 aliphatic carbocycles. The number of carbonyl (C=O) groups is 1. The zero-order valence-corrected chi connectivity index (χ0v) is 14.9. The van der Waals surface area contributed by atoms with Crippen molar-refractivity contribution < 1.29 is 9.53 Å². The molecular formula is C18H11Cl2N3O3. The van der Waals surface area contributed by atoms with E-state index in [-0.39, 0.29) is 16.8 Å². The first kappa shape index (κ1) is 16.6. The Bertz CT molecular complexity index is 1240. The Morgan fingerprint density at radius 2 is 1.96 bits per heavy atom. The quantitative estimate of drug-likeness (QED) is 0.528. The minimum atomic E-state index is -0.632. The number of esters is 1. The van der Waals surface area contributed by atoms with Crippen LogP contribution in [0.1, 0.15) is 10.4 Å². The minimum absolute atomic E-state index is 0.125. The summed E-state index contributed by atoms with van der Waals surface area (Å²) in [4.78, 5) is 29.7. The van der Waals surface area contributed by atoms with Gasteiger partial charge in [0.2, 0.25) is 0 Å². The van der Waals surface area contributed by atoms with Crippen molar-refractivity contribution in [1.82, 2.24) is 14.6 Å².